The molecule has 2 N–H and O–H groups in total. The van der Waals surface area contributed by atoms with Gasteiger partial charge in [0.05, 0.1) is 5.69 Å². The maximum Gasteiger partial charge on any atom is 0.359 e. The van der Waals surface area contributed by atoms with Gasteiger partial charge in [0.2, 0.25) is 10.0 Å². The zero-order valence-electron chi connectivity index (χ0n) is 18.5. The number of amides is 1. The highest BCUT2D eigenvalue weighted by Gasteiger charge is 2.31. The predicted octanol–water partition coefficient (Wildman–Crippen LogP) is 3.11. The Morgan fingerprint density at radius 1 is 1.22 bits per heavy atom. The van der Waals surface area contributed by atoms with Crippen molar-refractivity contribution in [2.24, 2.45) is 0 Å². The van der Waals surface area contributed by atoms with Crippen LogP contribution in [0.5, 0.6) is 0 Å². The topological polar surface area (TPSA) is 121 Å². The first-order valence-electron chi connectivity index (χ1n) is 10.9. The fraction of sp³-hybridized carbons (Fsp3) is 0.500. The molecular formula is C22H30N4O5S. The van der Waals surface area contributed by atoms with Crippen LogP contribution in [-0.2, 0) is 26.0 Å². The fourth-order valence-corrected chi connectivity index (χ4v) is 5.41. The van der Waals surface area contributed by atoms with Crippen molar-refractivity contribution in [1.82, 2.24) is 14.5 Å². The second kappa shape index (κ2) is 10.7. The number of sulfonamides is 1. The van der Waals surface area contributed by atoms with Crippen molar-refractivity contribution in [3.63, 3.8) is 0 Å². The monoisotopic (exact) mass is 462 g/mol. The molecule has 0 unspecified atom stereocenters. The van der Waals surface area contributed by atoms with Crippen molar-refractivity contribution < 1.29 is 22.7 Å². The summed E-state index contributed by atoms with van der Waals surface area (Å²) in [7, 11) is -2.21. The molecule has 1 saturated carbocycles. The minimum atomic E-state index is -3.80. The van der Waals surface area contributed by atoms with E-state index in [1.54, 1.807) is 25.2 Å². The van der Waals surface area contributed by atoms with E-state index in [2.05, 4.69) is 15.5 Å². The number of esters is 1. The molecule has 1 amide bonds. The van der Waals surface area contributed by atoms with Crippen molar-refractivity contribution in [2.75, 3.05) is 19.0 Å². The number of carbonyl (C=O) groups excluding carboxylic acids is 2. The van der Waals surface area contributed by atoms with Crippen LogP contribution < -0.4 is 5.32 Å². The van der Waals surface area contributed by atoms with E-state index in [1.807, 2.05) is 6.92 Å². The first kappa shape index (κ1) is 23.9. The lowest BCUT2D eigenvalue weighted by Gasteiger charge is -2.30. The number of carbonyl (C=O) groups is 2. The molecule has 1 heterocycles. The van der Waals surface area contributed by atoms with E-state index >= 15 is 0 Å². The SMILES string of the molecule is CCCc1cc(C(=O)OCC(=O)Nc2ccccc2S(=O)(=O)N(C)C2CCCCC2)n[nH]1. The van der Waals surface area contributed by atoms with Gasteiger partial charge in [-0.05, 0) is 37.5 Å². The molecule has 1 aliphatic carbocycles. The maximum absolute atomic E-state index is 13.2. The number of H-pyrrole nitrogens is 1. The van der Waals surface area contributed by atoms with Gasteiger partial charge in [-0.1, -0.05) is 44.7 Å². The Kier molecular flexibility index (Phi) is 8.03. The molecule has 174 valence electrons. The van der Waals surface area contributed by atoms with E-state index in [-0.39, 0.29) is 22.3 Å². The Balaban J connectivity index is 1.64. The van der Waals surface area contributed by atoms with Gasteiger partial charge in [0.15, 0.2) is 12.3 Å². The zero-order valence-corrected chi connectivity index (χ0v) is 19.3. The highest BCUT2D eigenvalue weighted by atomic mass is 32.2. The van der Waals surface area contributed by atoms with Crippen LogP contribution in [0.1, 0.15) is 61.6 Å². The summed E-state index contributed by atoms with van der Waals surface area (Å²) < 4.78 is 32.9. The number of rotatable bonds is 9. The molecule has 1 aliphatic rings. The summed E-state index contributed by atoms with van der Waals surface area (Å²) in [5.74, 6) is -1.36. The Hall–Kier alpha value is -2.72. The second-order valence-electron chi connectivity index (χ2n) is 7.96. The van der Waals surface area contributed by atoms with Gasteiger partial charge in [-0.25, -0.2) is 13.2 Å². The number of aromatic nitrogens is 2. The van der Waals surface area contributed by atoms with Crippen LogP contribution in [0.3, 0.4) is 0 Å². The molecular weight excluding hydrogens is 432 g/mol. The summed E-state index contributed by atoms with van der Waals surface area (Å²) in [6, 6.07) is 7.78. The van der Waals surface area contributed by atoms with E-state index in [0.717, 1.165) is 50.6 Å². The number of aromatic amines is 1. The molecule has 32 heavy (non-hydrogen) atoms. The number of aryl methyl sites for hydroxylation is 1. The minimum Gasteiger partial charge on any atom is -0.451 e. The minimum absolute atomic E-state index is 0.0178. The van der Waals surface area contributed by atoms with E-state index < -0.39 is 28.5 Å². The van der Waals surface area contributed by atoms with Crippen molar-refractivity contribution in [1.29, 1.82) is 0 Å². The molecule has 0 bridgehead atoms. The summed E-state index contributed by atoms with van der Waals surface area (Å²) in [6.45, 7) is 1.45. The lowest BCUT2D eigenvalue weighted by Crippen LogP contribution is -2.38. The Morgan fingerprint density at radius 3 is 2.66 bits per heavy atom. The van der Waals surface area contributed by atoms with Crippen LogP contribution >= 0.6 is 0 Å². The van der Waals surface area contributed by atoms with Crippen LogP contribution in [0.2, 0.25) is 0 Å². The van der Waals surface area contributed by atoms with Crippen molar-refractivity contribution in [3.05, 3.63) is 41.7 Å². The summed E-state index contributed by atoms with van der Waals surface area (Å²) in [4.78, 5) is 24.5. The quantitative estimate of drug-likeness (QED) is 0.552. The van der Waals surface area contributed by atoms with E-state index in [1.165, 1.54) is 16.4 Å². The molecule has 1 aromatic heterocycles. The second-order valence-corrected chi connectivity index (χ2v) is 9.93. The Bertz CT molecular complexity index is 1040. The van der Waals surface area contributed by atoms with E-state index in [0.29, 0.717) is 0 Å². The summed E-state index contributed by atoms with van der Waals surface area (Å²) in [5, 5.41) is 9.20. The van der Waals surface area contributed by atoms with Gasteiger partial charge < -0.3 is 10.1 Å². The molecule has 0 saturated heterocycles. The standard InChI is InChI=1S/C22H30N4O5S/c1-3-9-16-14-19(25-24-16)22(28)31-15-21(27)23-18-12-7-8-13-20(18)32(29,30)26(2)17-10-5-4-6-11-17/h7-8,12-14,17H,3-6,9-11,15H2,1-2H3,(H,23,27)(H,24,25). The summed E-state index contributed by atoms with van der Waals surface area (Å²) >= 11 is 0. The molecule has 0 atom stereocenters. The highest BCUT2D eigenvalue weighted by molar-refractivity contribution is 7.89. The van der Waals surface area contributed by atoms with Gasteiger partial charge in [-0.15, -0.1) is 0 Å². The van der Waals surface area contributed by atoms with Crippen molar-refractivity contribution in [3.8, 4) is 0 Å². The van der Waals surface area contributed by atoms with Crippen LogP contribution in [0, 0.1) is 0 Å². The fourth-order valence-electron chi connectivity index (χ4n) is 3.85. The van der Waals surface area contributed by atoms with Crippen LogP contribution in [0.25, 0.3) is 0 Å². The van der Waals surface area contributed by atoms with Gasteiger partial charge >= 0.3 is 5.97 Å². The van der Waals surface area contributed by atoms with Crippen LogP contribution in [0.4, 0.5) is 5.69 Å². The average molecular weight is 463 g/mol. The smallest absolute Gasteiger partial charge is 0.359 e. The third kappa shape index (κ3) is 5.74. The van der Waals surface area contributed by atoms with Gasteiger partial charge in [-0.3, -0.25) is 9.89 Å². The molecule has 9 nitrogen and oxygen atoms in total. The number of nitrogens with one attached hydrogen (secondary N) is 2. The summed E-state index contributed by atoms with van der Waals surface area (Å²) in [6.07, 6.45) is 6.43. The zero-order chi connectivity index (χ0) is 23.1. The Labute approximate surface area is 188 Å². The van der Waals surface area contributed by atoms with Crippen molar-refractivity contribution in [2.45, 2.75) is 62.8 Å². The first-order chi connectivity index (χ1) is 15.3. The number of para-hydroxylation sites is 1. The third-order valence-corrected chi connectivity index (χ3v) is 7.57. The number of hydrogen-bond donors (Lipinski definition) is 2. The highest BCUT2D eigenvalue weighted by Crippen LogP contribution is 2.29. The molecule has 10 heteroatoms. The average Bonchev–Trinajstić information content (AvgIpc) is 3.27. The van der Waals surface area contributed by atoms with Crippen LogP contribution in [0.15, 0.2) is 35.2 Å². The largest absolute Gasteiger partial charge is 0.451 e. The molecule has 0 aliphatic heterocycles. The molecule has 3 rings (SSSR count). The molecule has 1 aromatic carbocycles. The number of anilines is 1. The lowest BCUT2D eigenvalue weighted by molar-refractivity contribution is -0.119. The molecule has 0 spiro atoms. The van der Waals surface area contributed by atoms with E-state index in [4.69, 9.17) is 4.74 Å². The number of hydrogen-bond acceptors (Lipinski definition) is 6. The lowest BCUT2D eigenvalue weighted by atomic mass is 9.96. The van der Waals surface area contributed by atoms with Gasteiger partial charge in [0, 0.05) is 18.8 Å². The molecule has 1 fully saturated rings. The number of ether oxygens (including phenoxy) is 1. The molecule has 2 aromatic rings. The Morgan fingerprint density at radius 2 is 1.94 bits per heavy atom. The summed E-state index contributed by atoms with van der Waals surface area (Å²) in [5.41, 5.74) is 1.06. The molecule has 0 radical (unpaired) electrons. The van der Waals surface area contributed by atoms with Gasteiger partial charge in [-0.2, -0.15) is 9.40 Å². The van der Waals surface area contributed by atoms with Gasteiger partial charge in [0.1, 0.15) is 4.90 Å². The normalized spacial score (nSPS) is 15.0. The predicted molar refractivity (Wildman–Crippen MR) is 120 cm³/mol. The number of nitrogens with zero attached hydrogens (tertiary/aromatic N) is 2. The van der Waals surface area contributed by atoms with E-state index in [9.17, 15) is 18.0 Å². The maximum atomic E-state index is 13.2. The van der Waals surface area contributed by atoms with Crippen LogP contribution in [-0.4, -0.2) is 54.5 Å². The first-order valence-corrected chi connectivity index (χ1v) is 12.3. The van der Waals surface area contributed by atoms with Crippen molar-refractivity contribution >= 4 is 27.6 Å². The third-order valence-electron chi connectivity index (χ3n) is 5.60. The van der Waals surface area contributed by atoms with Gasteiger partial charge in [0.25, 0.3) is 5.91 Å². The number of benzene rings is 1.